The van der Waals surface area contributed by atoms with Gasteiger partial charge in [0.1, 0.15) is 0 Å². The van der Waals surface area contributed by atoms with Crippen LogP contribution in [0.15, 0.2) is 72.2 Å². The number of rotatable bonds is 8. The van der Waals surface area contributed by atoms with Crippen molar-refractivity contribution in [2.24, 2.45) is 4.99 Å². The van der Waals surface area contributed by atoms with Crippen LogP contribution in [0.4, 0.5) is 0 Å². The summed E-state index contributed by atoms with van der Waals surface area (Å²) >= 11 is 0. The highest BCUT2D eigenvalue weighted by atomic mass is 16.5. The van der Waals surface area contributed by atoms with E-state index in [0.717, 1.165) is 51.6 Å². The first-order chi connectivity index (χ1) is 16.3. The maximum Gasteiger partial charge on any atom is 0.194 e. The molecular formula is C27H35N5O. The van der Waals surface area contributed by atoms with E-state index in [-0.39, 0.29) is 0 Å². The molecule has 1 saturated heterocycles. The van der Waals surface area contributed by atoms with Gasteiger partial charge in [-0.1, -0.05) is 48.5 Å². The second-order valence-corrected chi connectivity index (χ2v) is 8.40. The molecule has 1 aliphatic heterocycles. The van der Waals surface area contributed by atoms with Gasteiger partial charge in [-0.25, -0.2) is 9.98 Å². The van der Waals surface area contributed by atoms with Gasteiger partial charge < -0.3 is 19.5 Å². The van der Waals surface area contributed by atoms with E-state index >= 15 is 0 Å². The third kappa shape index (κ3) is 6.23. The number of benzene rings is 2. The van der Waals surface area contributed by atoms with Crippen LogP contribution in [0.2, 0.25) is 0 Å². The van der Waals surface area contributed by atoms with Crippen LogP contribution in [0, 0.1) is 0 Å². The van der Waals surface area contributed by atoms with Crippen LogP contribution in [0.3, 0.4) is 0 Å². The number of imidazole rings is 1. The molecule has 1 aliphatic rings. The number of hydrogen-bond donors (Lipinski definition) is 1. The molecule has 1 fully saturated rings. The summed E-state index contributed by atoms with van der Waals surface area (Å²) in [5, 5.41) is 3.48. The summed E-state index contributed by atoms with van der Waals surface area (Å²) in [4.78, 5) is 11.5. The Hall–Kier alpha value is -3.12. The van der Waals surface area contributed by atoms with Crippen molar-refractivity contribution in [2.75, 3.05) is 26.2 Å². The molecule has 0 unspecified atom stereocenters. The highest BCUT2D eigenvalue weighted by Gasteiger charge is 2.21. The molecule has 0 radical (unpaired) electrons. The molecule has 6 nitrogen and oxygen atoms in total. The summed E-state index contributed by atoms with van der Waals surface area (Å²) in [7, 11) is 0. The van der Waals surface area contributed by atoms with Gasteiger partial charge in [-0.2, -0.15) is 0 Å². The number of ether oxygens (including phenoxy) is 1. The predicted molar refractivity (Wildman–Crippen MR) is 134 cm³/mol. The minimum atomic E-state index is 0.381. The number of piperidine rings is 1. The number of guanidine groups is 1. The standard InChI is InChI=1S/C27H35N5O/c1-3-29-27(32-16-13-25(14-17-32)33-4-2)30-19-24-7-5-6-8-26(24)23-11-9-22(10-12-23)20-31-18-15-28-21-31/h5-12,15,18,21,25H,3-4,13-14,16-17,19-20H2,1-2H3,(H,29,30). The number of aliphatic imine (C=N–C) groups is 1. The highest BCUT2D eigenvalue weighted by molar-refractivity contribution is 5.80. The molecular weight excluding hydrogens is 410 g/mol. The smallest absolute Gasteiger partial charge is 0.194 e. The molecule has 2 aromatic carbocycles. The SMILES string of the molecule is CCNC(=NCc1ccccc1-c1ccc(Cn2ccnc2)cc1)N1CCC(OCC)CC1. The summed E-state index contributed by atoms with van der Waals surface area (Å²) in [6, 6.07) is 17.4. The quantitative estimate of drug-likeness (QED) is 0.408. The molecule has 0 spiro atoms. The molecule has 2 heterocycles. The van der Waals surface area contributed by atoms with Crippen LogP contribution in [0.25, 0.3) is 11.1 Å². The number of likely N-dealkylation sites (tertiary alicyclic amines) is 1. The van der Waals surface area contributed by atoms with Gasteiger partial charge in [-0.15, -0.1) is 0 Å². The lowest BCUT2D eigenvalue weighted by Gasteiger charge is -2.34. The van der Waals surface area contributed by atoms with E-state index in [1.165, 1.54) is 22.3 Å². The van der Waals surface area contributed by atoms with Crippen LogP contribution in [-0.2, 0) is 17.8 Å². The van der Waals surface area contributed by atoms with E-state index in [1.807, 2.05) is 18.7 Å². The Labute approximate surface area is 197 Å². The lowest BCUT2D eigenvalue weighted by Crippen LogP contribution is -2.47. The molecule has 6 heteroatoms. The van der Waals surface area contributed by atoms with Gasteiger partial charge in [0, 0.05) is 45.2 Å². The first-order valence-electron chi connectivity index (χ1n) is 12.0. The van der Waals surface area contributed by atoms with Crippen molar-refractivity contribution >= 4 is 5.96 Å². The van der Waals surface area contributed by atoms with Crippen LogP contribution in [0.1, 0.15) is 37.8 Å². The molecule has 0 saturated carbocycles. The minimum absolute atomic E-state index is 0.381. The third-order valence-electron chi connectivity index (χ3n) is 6.08. The van der Waals surface area contributed by atoms with Crippen molar-refractivity contribution in [3.8, 4) is 11.1 Å². The highest BCUT2D eigenvalue weighted by Crippen LogP contribution is 2.25. The Kier molecular flexibility index (Phi) is 8.14. The Balaban J connectivity index is 1.46. The fourth-order valence-electron chi connectivity index (χ4n) is 4.38. The van der Waals surface area contributed by atoms with Gasteiger partial charge in [0.25, 0.3) is 0 Å². The molecule has 0 bridgehead atoms. The zero-order chi connectivity index (χ0) is 22.9. The van der Waals surface area contributed by atoms with Crippen LogP contribution in [0.5, 0.6) is 0 Å². The lowest BCUT2D eigenvalue weighted by molar-refractivity contribution is 0.0263. The van der Waals surface area contributed by atoms with Crippen molar-refractivity contribution in [1.29, 1.82) is 0 Å². The average Bonchev–Trinajstić information content (AvgIpc) is 3.36. The fourth-order valence-corrected chi connectivity index (χ4v) is 4.38. The summed E-state index contributed by atoms with van der Waals surface area (Å²) in [6.07, 6.45) is 8.14. The monoisotopic (exact) mass is 445 g/mol. The largest absolute Gasteiger partial charge is 0.378 e. The fraction of sp³-hybridized carbons (Fsp3) is 0.407. The summed E-state index contributed by atoms with van der Waals surface area (Å²) < 4.78 is 7.89. The van der Waals surface area contributed by atoms with Gasteiger partial charge in [-0.3, -0.25) is 0 Å². The second kappa shape index (κ2) is 11.7. The van der Waals surface area contributed by atoms with Gasteiger partial charge in [0.2, 0.25) is 0 Å². The normalized spacial score (nSPS) is 15.1. The van der Waals surface area contributed by atoms with Gasteiger partial charge >= 0.3 is 0 Å². The molecule has 3 aromatic rings. The molecule has 0 aliphatic carbocycles. The second-order valence-electron chi connectivity index (χ2n) is 8.40. The van der Waals surface area contributed by atoms with Crippen molar-refractivity contribution in [3.63, 3.8) is 0 Å². The number of nitrogens with zero attached hydrogens (tertiary/aromatic N) is 4. The molecule has 0 amide bonds. The number of hydrogen-bond acceptors (Lipinski definition) is 3. The number of aromatic nitrogens is 2. The Morgan fingerprint density at radius 2 is 1.88 bits per heavy atom. The van der Waals surface area contributed by atoms with E-state index in [0.29, 0.717) is 12.6 Å². The van der Waals surface area contributed by atoms with Crippen molar-refractivity contribution in [3.05, 3.63) is 78.4 Å². The van der Waals surface area contributed by atoms with Crippen molar-refractivity contribution < 1.29 is 4.74 Å². The third-order valence-corrected chi connectivity index (χ3v) is 6.08. The summed E-state index contributed by atoms with van der Waals surface area (Å²) in [6.45, 7) is 9.31. The topological polar surface area (TPSA) is 54.7 Å². The Morgan fingerprint density at radius 1 is 1.09 bits per heavy atom. The van der Waals surface area contributed by atoms with Crippen LogP contribution >= 0.6 is 0 Å². The summed E-state index contributed by atoms with van der Waals surface area (Å²) in [5.41, 5.74) is 4.95. The van der Waals surface area contributed by atoms with E-state index in [2.05, 4.69) is 82.1 Å². The molecule has 4 rings (SSSR count). The zero-order valence-electron chi connectivity index (χ0n) is 19.8. The van der Waals surface area contributed by atoms with E-state index in [1.54, 1.807) is 0 Å². The van der Waals surface area contributed by atoms with Crippen LogP contribution < -0.4 is 5.32 Å². The zero-order valence-corrected chi connectivity index (χ0v) is 19.8. The van der Waals surface area contributed by atoms with E-state index in [9.17, 15) is 0 Å². The maximum absolute atomic E-state index is 5.81. The Morgan fingerprint density at radius 3 is 2.58 bits per heavy atom. The van der Waals surface area contributed by atoms with Gasteiger partial charge in [0.05, 0.1) is 19.0 Å². The minimum Gasteiger partial charge on any atom is -0.378 e. The first kappa shape index (κ1) is 23.1. The predicted octanol–water partition coefficient (Wildman–Crippen LogP) is 4.56. The van der Waals surface area contributed by atoms with E-state index < -0.39 is 0 Å². The van der Waals surface area contributed by atoms with Gasteiger partial charge in [0.15, 0.2) is 5.96 Å². The van der Waals surface area contributed by atoms with Crippen molar-refractivity contribution in [2.45, 2.75) is 45.9 Å². The summed E-state index contributed by atoms with van der Waals surface area (Å²) in [5.74, 6) is 0.998. The molecule has 0 atom stereocenters. The molecule has 174 valence electrons. The van der Waals surface area contributed by atoms with Crippen molar-refractivity contribution in [1.82, 2.24) is 19.8 Å². The lowest BCUT2D eigenvalue weighted by atomic mass is 9.98. The Bertz CT molecular complexity index is 1010. The maximum atomic E-state index is 5.81. The first-order valence-corrected chi connectivity index (χ1v) is 12.0. The average molecular weight is 446 g/mol. The molecule has 33 heavy (non-hydrogen) atoms. The number of nitrogens with one attached hydrogen (secondary N) is 1. The molecule has 1 aromatic heterocycles. The molecule has 1 N–H and O–H groups in total. The van der Waals surface area contributed by atoms with Gasteiger partial charge in [-0.05, 0) is 48.9 Å². The van der Waals surface area contributed by atoms with E-state index in [4.69, 9.17) is 9.73 Å². The van der Waals surface area contributed by atoms with Crippen LogP contribution in [-0.4, -0.2) is 52.8 Å².